The predicted octanol–water partition coefficient (Wildman–Crippen LogP) is 3.50. The summed E-state index contributed by atoms with van der Waals surface area (Å²) in [6.07, 6.45) is 6.34. The van der Waals surface area contributed by atoms with Gasteiger partial charge in [0.15, 0.2) is 10.9 Å². The lowest BCUT2D eigenvalue weighted by atomic mass is 9.97. The molecular weight excluding hydrogens is 380 g/mol. The molecule has 1 aromatic carbocycles. The fourth-order valence-electron chi connectivity index (χ4n) is 3.93. The van der Waals surface area contributed by atoms with E-state index in [0.29, 0.717) is 18.6 Å². The van der Waals surface area contributed by atoms with Crippen molar-refractivity contribution in [2.45, 2.75) is 51.9 Å². The van der Waals surface area contributed by atoms with E-state index in [1.165, 1.54) is 5.56 Å². The summed E-state index contributed by atoms with van der Waals surface area (Å²) in [4.78, 5) is 13.0. The molecule has 0 amide bonds. The first-order valence-electron chi connectivity index (χ1n) is 10.4. The lowest BCUT2D eigenvalue weighted by Crippen LogP contribution is -2.51. The normalized spacial score (nSPS) is 20.8. The van der Waals surface area contributed by atoms with E-state index in [2.05, 4.69) is 75.3 Å². The minimum absolute atomic E-state index is 0.445. The van der Waals surface area contributed by atoms with Gasteiger partial charge in [-0.05, 0) is 32.3 Å². The Morgan fingerprint density at radius 1 is 1.31 bits per heavy atom. The molecule has 0 saturated carbocycles. The van der Waals surface area contributed by atoms with Crippen LogP contribution in [0.25, 0.3) is 4.96 Å². The van der Waals surface area contributed by atoms with E-state index in [-0.39, 0.29) is 0 Å². The first-order valence-corrected chi connectivity index (χ1v) is 11.3. The Bertz CT molecular complexity index is 903. The van der Waals surface area contributed by atoms with Gasteiger partial charge in [0.2, 0.25) is 0 Å². The van der Waals surface area contributed by atoms with Crippen LogP contribution in [0.2, 0.25) is 0 Å². The third-order valence-electron chi connectivity index (χ3n) is 5.47. The van der Waals surface area contributed by atoms with Crippen molar-refractivity contribution in [3.05, 3.63) is 59.4 Å². The van der Waals surface area contributed by atoms with Crippen LogP contribution in [0, 0.1) is 0 Å². The largest absolute Gasteiger partial charge is 0.357 e. The third kappa shape index (κ3) is 5.16. The van der Waals surface area contributed by atoms with E-state index in [4.69, 9.17) is 4.99 Å². The molecule has 0 radical (unpaired) electrons. The Morgan fingerprint density at radius 2 is 2.17 bits per heavy atom. The highest BCUT2D eigenvalue weighted by Crippen LogP contribution is 2.20. The molecule has 7 heteroatoms. The lowest BCUT2D eigenvalue weighted by Gasteiger charge is -2.38. The van der Waals surface area contributed by atoms with Crippen molar-refractivity contribution in [1.82, 2.24) is 24.9 Å². The van der Waals surface area contributed by atoms with Crippen LogP contribution in [0.4, 0.5) is 0 Å². The number of nitrogens with one attached hydrogen (secondary N) is 2. The first-order chi connectivity index (χ1) is 14.2. The molecule has 2 atom stereocenters. The molecule has 1 aliphatic rings. The van der Waals surface area contributed by atoms with Crippen molar-refractivity contribution in [3.8, 4) is 0 Å². The number of hydrogen-bond donors (Lipinski definition) is 2. The number of thiazole rings is 1. The first kappa shape index (κ1) is 19.9. The van der Waals surface area contributed by atoms with Crippen molar-refractivity contribution in [2.75, 3.05) is 13.1 Å². The standard InChI is InChI=1S/C22H30N6S/c1-3-23-21(24-14-20-16-28-11-12-29-22(28)26-20)25-19-9-10-27(17(2)13-19)15-18-7-5-4-6-8-18/h4-8,11-12,16-17,19H,3,9-10,13-15H2,1-2H3,(H2,23,24,25). The zero-order valence-electron chi connectivity index (χ0n) is 17.2. The van der Waals surface area contributed by atoms with E-state index in [9.17, 15) is 0 Å². The smallest absolute Gasteiger partial charge is 0.193 e. The Morgan fingerprint density at radius 3 is 2.93 bits per heavy atom. The number of fused-ring (bicyclic) bond motifs is 1. The molecule has 0 spiro atoms. The monoisotopic (exact) mass is 410 g/mol. The molecule has 2 aromatic heterocycles. The van der Waals surface area contributed by atoms with Crippen molar-refractivity contribution in [1.29, 1.82) is 0 Å². The van der Waals surface area contributed by atoms with Gasteiger partial charge in [-0.3, -0.25) is 9.30 Å². The van der Waals surface area contributed by atoms with Crippen LogP contribution in [0.15, 0.2) is 53.1 Å². The number of guanidine groups is 1. The number of piperidine rings is 1. The minimum Gasteiger partial charge on any atom is -0.357 e. The van der Waals surface area contributed by atoms with Gasteiger partial charge in [0.05, 0.1) is 12.2 Å². The van der Waals surface area contributed by atoms with E-state index in [1.807, 2.05) is 11.6 Å². The van der Waals surface area contributed by atoms with Gasteiger partial charge < -0.3 is 10.6 Å². The van der Waals surface area contributed by atoms with Gasteiger partial charge in [0.25, 0.3) is 0 Å². The Hall–Kier alpha value is -2.38. The SMILES string of the molecule is CCNC(=NCc1cn2ccsc2n1)NC1CCN(Cc2ccccc2)C(C)C1. The minimum atomic E-state index is 0.445. The molecule has 1 aliphatic heterocycles. The van der Waals surface area contributed by atoms with Gasteiger partial charge in [0, 0.05) is 49.5 Å². The van der Waals surface area contributed by atoms with Crippen molar-refractivity contribution >= 4 is 22.3 Å². The predicted molar refractivity (Wildman–Crippen MR) is 120 cm³/mol. The summed E-state index contributed by atoms with van der Waals surface area (Å²) in [5.41, 5.74) is 2.39. The topological polar surface area (TPSA) is 57.0 Å². The number of aliphatic imine (C=N–C) groups is 1. The number of likely N-dealkylation sites (tertiary alicyclic amines) is 1. The van der Waals surface area contributed by atoms with Crippen molar-refractivity contribution in [3.63, 3.8) is 0 Å². The van der Waals surface area contributed by atoms with Crippen LogP contribution < -0.4 is 10.6 Å². The third-order valence-corrected chi connectivity index (χ3v) is 6.24. The summed E-state index contributed by atoms with van der Waals surface area (Å²) in [6.45, 7) is 8.01. The van der Waals surface area contributed by atoms with Crippen LogP contribution in [-0.2, 0) is 13.1 Å². The summed E-state index contributed by atoms with van der Waals surface area (Å²) in [6, 6.07) is 11.7. The summed E-state index contributed by atoms with van der Waals surface area (Å²) in [5.74, 6) is 0.887. The van der Waals surface area contributed by atoms with Crippen LogP contribution in [-0.4, -0.2) is 45.4 Å². The van der Waals surface area contributed by atoms with Crippen LogP contribution in [0.1, 0.15) is 37.9 Å². The van der Waals surface area contributed by atoms with E-state index >= 15 is 0 Å². The molecule has 6 nitrogen and oxygen atoms in total. The molecule has 154 valence electrons. The highest BCUT2D eigenvalue weighted by Gasteiger charge is 2.26. The van der Waals surface area contributed by atoms with Gasteiger partial charge >= 0.3 is 0 Å². The summed E-state index contributed by atoms with van der Waals surface area (Å²) >= 11 is 1.65. The maximum absolute atomic E-state index is 4.77. The molecule has 3 aromatic rings. The Labute approximate surface area is 176 Å². The van der Waals surface area contributed by atoms with Crippen molar-refractivity contribution < 1.29 is 0 Å². The van der Waals surface area contributed by atoms with E-state index in [0.717, 1.165) is 49.1 Å². The number of hydrogen-bond acceptors (Lipinski definition) is 4. The number of rotatable bonds is 6. The number of aromatic nitrogens is 2. The van der Waals surface area contributed by atoms with Gasteiger partial charge in [-0.1, -0.05) is 30.3 Å². The molecule has 1 saturated heterocycles. The molecule has 0 bridgehead atoms. The Kier molecular flexibility index (Phi) is 6.46. The average molecular weight is 411 g/mol. The molecule has 3 heterocycles. The maximum Gasteiger partial charge on any atom is 0.193 e. The molecule has 0 aliphatic carbocycles. The van der Waals surface area contributed by atoms with Gasteiger partial charge in [0.1, 0.15) is 0 Å². The highest BCUT2D eigenvalue weighted by atomic mass is 32.1. The van der Waals surface area contributed by atoms with Gasteiger partial charge in [-0.2, -0.15) is 0 Å². The van der Waals surface area contributed by atoms with Gasteiger partial charge in [-0.25, -0.2) is 9.98 Å². The van der Waals surface area contributed by atoms with E-state index in [1.54, 1.807) is 11.3 Å². The second-order valence-corrected chi connectivity index (χ2v) is 8.56. The summed E-state index contributed by atoms with van der Waals surface area (Å²) in [5, 5.41) is 9.08. The summed E-state index contributed by atoms with van der Waals surface area (Å²) < 4.78 is 2.06. The van der Waals surface area contributed by atoms with Crippen LogP contribution in [0.3, 0.4) is 0 Å². The molecule has 2 unspecified atom stereocenters. The van der Waals surface area contributed by atoms with Crippen LogP contribution >= 0.6 is 11.3 Å². The van der Waals surface area contributed by atoms with Gasteiger partial charge in [-0.15, -0.1) is 11.3 Å². The fraction of sp³-hybridized carbons (Fsp3) is 0.455. The molecular formula is C22H30N6S. The molecule has 29 heavy (non-hydrogen) atoms. The molecule has 1 fully saturated rings. The second kappa shape index (κ2) is 9.41. The fourth-order valence-corrected chi connectivity index (χ4v) is 4.65. The van der Waals surface area contributed by atoms with E-state index < -0.39 is 0 Å². The second-order valence-electron chi connectivity index (χ2n) is 7.69. The Balaban J connectivity index is 1.33. The quantitative estimate of drug-likeness (QED) is 0.482. The number of imidazole rings is 1. The summed E-state index contributed by atoms with van der Waals surface area (Å²) in [7, 11) is 0. The van der Waals surface area contributed by atoms with Crippen molar-refractivity contribution in [2.24, 2.45) is 4.99 Å². The average Bonchev–Trinajstić information content (AvgIpc) is 3.31. The molecule has 2 N–H and O–H groups in total. The van der Waals surface area contributed by atoms with Crippen LogP contribution in [0.5, 0.6) is 0 Å². The zero-order chi connectivity index (χ0) is 20.1. The molecule has 4 rings (SSSR count). The lowest BCUT2D eigenvalue weighted by molar-refractivity contribution is 0.134. The highest BCUT2D eigenvalue weighted by molar-refractivity contribution is 7.15. The zero-order valence-corrected chi connectivity index (χ0v) is 18.0. The number of nitrogens with zero attached hydrogens (tertiary/aromatic N) is 4. The maximum atomic E-state index is 4.77. The number of benzene rings is 1.